The van der Waals surface area contributed by atoms with E-state index in [-0.39, 0.29) is 11.6 Å². The first-order chi connectivity index (χ1) is 17.4. The van der Waals surface area contributed by atoms with E-state index in [0.29, 0.717) is 5.88 Å². The number of rotatable bonds is 8. The Hall–Kier alpha value is -3.04. The van der Waals surface area contributed by atoms with E-state index in [1.807, 2.05) is 29.1 Å². The lowest BCUT2D eigenvalue weighted by Gasteiger charge is -2.30. The van der Waals surface area contributed by atoms with Gasteiger partial charge in [-0.2, -0.15) is 5.10 Å². The van der Waals surface area contributed by atoms with Crippen LogP contribution in [0.2, 0.25) is 0 Å². The van der Waals surface area contributed by atoms with Crippen molar-refractivity contribution >= 4 is 23.7 Å². The van der Waals surface area contributed by atoms with Crippen LogP contribution in [-0.4, -0.2) is 52.4 Å². The molecule has 8 nitrogen and oxygen atoms in total. The number of methoxy groups -OCH3 is 1. The number of carbonyl (C=O) groups is 1. The van der Waals surface area contributed by atoms with Crippen LogP contribution in [0, 0.1) is 0 Å². The lowest BCUT2D eigenvalue weighted by molar-refractivity contribution is 0.195. The molecule has 1 aromatic carbocycles. The number of aromatic nitrogens is 3. The van der Waals surface area contributed by atoms with Gasteiger partial charge in [-0.25, -0.2) is 9.78 Å². The van der Waals surface area contributed by atoms with Gasteiger partial charge in [-0.3, -0.25) is 9.40 Å². The molecule has 2 amide bonds. The molecule has 1 aliphatic carbocycles. The minimum absolute atomic E-state index is 0.115. The molecule has 2 aliphatic rings. The molecule has 0 spiro atoms. The first kappa shape index (κ1) is 24.6. The molecular weight excluding hydrogens is 472 g/mol. The molecule has 9 heteroatoms. The number of carbonyl (C=O) groups excluding carboxylic acids is 1. The van der Waals surface area contributed by atoms with Crippen molar-refractivity contribution in [1.29, 1.82) is 0 Å². The lowest BCUT2D eigenvalue weighted by atomic mass is 9.98. The van der Waals surface area contributed by atoms with Gasteiger partial charge in [0, 0.05) is 42.5 Å². The second kappa shape index (κ2) is 10.5. The molecular formula is C27H34N6O2S. The lowest BCUT2D eigenvalue weighted by Crippen LogP contribution is -2.40. The molecule has 36 heavy (non-hydrogen) atoms. The van der Waals surface area contributed by atoms with Gasteiger partial charge in [0.25, 0.3) is 0 Å². The van der Waals surface area contributed by atoms with E-state index in [1.54, 1.807) is 13.3 Å². The van der Waals surface area contributed by atoms with Gasteiger partial charge in [-0.05, 0) is 87.9 Å². The molecule has 2 N–H and O–H groups in total. The second-order valence-electron chi connectivity index (χ2n) is 10.1. The molecule has 0 unspecified atom stereocenters. The number of likely N-dealkylation sites (tertiary alicyclic amines) is 1. The van der Waals surface area contributed by atoms with Crippen molar-refractivity contribution in [2.24, 2.45) is 0 Å². The van der Waals surface area contributed by atoms with Gasteiger partial charge in [-0.1, -0.05) is 12.1 Å². The van der Waals surface area contributed by atoms with Gasteiger partial charge in [0.2, 0.25) is 5.88 Å². The summed E-state index contributed by atoms with van der Waals surface area (Å²) in [6.45, 7) is 7.70. The number of nitrogens with zero attached hydrogens (tertiary/aromatic N) is 4. The smallest absolute Gasteiger partial charge is 0.329 e. The van der Waals surface area contributed by atoms with Crippen molar-refractivity contribution < 1.29 is 9.53 Å². The topological polar surface area (TPSA) is 84.3 Å². The number of urea groups is 1. The quantitative estimate of drug-likeness (QED) is 0.414. The van der Waals surface area contributed by atoms with E-state index in [4.69, 9.17) is 9.84 Å². The summed E-state index contributed by atoms with van der Waals surface area (Å²) in [5.41, 5.74) is 5.16. The van der Waals surface area contributed by atoms with Gasteiger partial charge < -0.3 is 15.0 Å². The number of hydrogen-bond acceptors (Lipinski definition) is 6. The van der Waals surface area contributed by atoms with Crippen LogP contribution in [0.4, 0.5) is 10.5 Å². The number of anilines is 1. The molecule has 1 fully saturated rings. The summed E-state index contributed by atoms with van der Waals surface area (Å²) in [4.78, 5) is 19.7. The maximum atomic E-state index is 13.0. The average molecular weight is 507 g/mol. The summed E-state index contributed by atoms with van der Waals surface area (Å²) in [6.07, 6.45) is 9.34. The van der Waals surface area contributed by atoms with Crippen LogP contribution in [0.15, 0.2) is 47.8 Å². The van der Waals surface area contributed by atoms with E-state index in [9.17, 15) is 4.79 Å². The molecule has 1 saturated heterocycles. The highest BCUT2D eigenvalue weighted by Crippen LogP contribution is 2.38. The van der Waals surface area contributed by atoms with Crippen LogP contribution in [0.3, 0.4) is 0 Å². The fraction of sp³-hybridized carbons (Fsp3) is 0.444. The van der Waals surface area contributed by atoms with Crippen molar-refractivity contribution in [1.82, 2.24) is 24.4 Å². The number of aryl methyl sites for hydroxylation is 1. The van der Waals surface area contributed by atoms with Crippen LogP contribution < -0.4 is 14.8 Å². The van der Waals surface area contributed by atoms with Gasteiger partial charge in [0.05, 0.1) is 18.3 Å². The largest absolute Gasteiger partial charge is 0.481 e. The summed E-state index contributed by atoms with van der Waals surface area (Å²) in [7, 11) is 1.60. The third-order valence-corrected chi connectivity index (χ3v) is 7.73. The van der Waals surface area contributed by atoms with Gasteiger partial charge in [0.1, 0.15) is 5.03 Å². The van der Waals surface area contributed by atoms with E-state index in [1.165, 1.54) is 35.9 Å². The van der Waals surface area contributed by atoms with Crippen LogP contribution >= 0.6 is 11.9 Å². The number of hydrogen-bond donors (Lipinski definition) is 2. The first-order valence-corrected chi connectivity index (χ1v) is 13.4. The predicted octanol–water partition coefficient (Wildman–Crippen LogP) is 5.10. The Kier molecular flexibility index (Phi) is 7.20. The summed E-state index contributed by atoms with van der Waals surface area (Å²) >= 11 is 1.23. The second-order valence-corrected chi connectivity index (χ2v) is 10.9. The predicted molar refractivity (Wildman–Crippen MR) is 143 cm³/mol. The zero-order valence-electron chi connectivity index (χ0n) is 21.2. The van der Waals surface area contributed by atoms with Crippen LogP contribution in [0.1, 0.15) is 44.2 Å². The Morgan fingerprint density at radius 1 is 1.14 bits per heavy atom. The van der Waals surface area contributed by atoms with E-state index >= 15 is 0 Å². The molecule has 0 bridgehead atoms. The Balaban J connectivity index is 1.28. The SMILES string of the molecule is COc1cc(-c2ccc3c(c2NC(=O)NSc2ccn(C(C)(C)CN4CCCC4)n2)CCC3)ccn1. The molecule has 3 heterocycles. The number of pyridine rings is 1. The van der Waals surface area contributed by atoms with Gasteiger partial charge in [0.15, 0.2) is 0 Å². The molecule has 0 atom stereocenters. The maximum Gasteiger partial charge on any atom is 0.329 e. The van der Waals surface area contributed by atoms with Crippen molar-refractivity contribution in [2.45, 2.75) is 56.5 Å². The Morgan fingerprint density at radius 3 is 2.78 bits per heavy atom. The molecule has 190 valence electrons. The fourth-order valence-corrected chi connectivity index (χ4v) is 5.74. The molecule has 2 aromatic heterocycles. The first-order valence-electron chi connectivity index (χ1n) is 12.6. The van der Waals surface area contributed by atoms with Crippen molar-refractivity contribution in [2.75, 3.05) is 32.1 Å². The Bertz CT molecular complexity index is 1230. The average Bonchev–Trinajstić information content (AvgIpc) is 3.65. The normalized spacial score (nSPS) is 15.6. The number of nitrogens with one attached hydrogen (secondary N) is 2. The summed E-state index contributed by atoms with van der Waals surface area (Å²) in [6, 6.07) is 9.75. The van der Waals surface area contributed by atoms with Crippen molar-refractivity contribution in [3.63, 3.8) is 0 Å². The summed E-state index contributed by atoms with van der Waals surface area (Å²) < 4.78 is 10.2. The fourth-order valence-electron chi connectivity index (χ4n) is 5.24. The van der Waals surface area contributed by atoms with Crippen molar-refractivity contribution in [3.8, 4) is 17.0 Å². The monoisotopic (exact) mass is 506 g/mol. The standard InChI is InChI=1S/C27H34N6O2S/c1-27(2,18-32-14-4-5-15-32)33-16-12-24(30-33)36-31-26(34)29-25-21-8-6-7-19(21)9-10-22(25)20-11-13-28-23(17-20)35-3/h9-13,16-17H,4-8,14-15,18H2,1-3H3,(H2,29,31,34). The van der Waals surface area contributed by atoms with Gasteiger partial charge >= 0.3 is 6.03 Å². The Morgan fingerprint density at radius 2 is 1.97 bits per heavy atom. The summed E-state index contributed by atoms with van der Waals surface area (Å²) in [5, 5.41) is 8.62. The number of benzene rings is 1. The third-order valence-electron chi connectivity index (χ3n) is 7.02. The van der Waals surface area contributed by atoms with Crippen LogP contribution in [-0.2, 0) is 18.4 Å². The summed E-state index contributed by atoms with van der Waals surface area (Å²) in [5.74, 6) is 0.544. The third kappa shape index (κ3) is 5.37. The molecule has 1 aliphatic heterocycles. The number of ether oxygens (including phenoxy) is 1. The number of amides is 2. The number of fused-ring (bicyclic) bond motifs is 1. The molecule has 5 rings (SSSR count). The highest BCUT2D eigenvalue weighted by molar-refractivity contribution is 7.97. The maximum absolute atomic E-state index is 13.0. The molecule has 0 radical (unpaired) electrons. The van der Waals surface area contributed by atoms with Crippen molar-refractivity contribution in [3.05, 3.63) is 53.9 Å². The van der Waals surface area contributed by atoms with Crippen LogP contribution in [0.5, 0.6) is 5.88 Å². The van der Waals surface area contributed by atoms with E-state index < -0.39 is 0 Å². The zero-order valence-corrected chi connectivity index (χ0v) is 22.0. The zero-order chi connectivity index (χ0) is 25.1. The van der Waals surface area contributed by atoms with Crippen LogP contribution in [0.25, 0.3) is 11.1 Å². The Labute approximate surface area is 216 Å². The van der Waals surface area contributed by atoms with E-state index in [2.05, 4.69) is 45.9 Å². The van der Waals surface area contributed by atoms with E-state index in [0.717, 1.165) is 60.7 Å². The highest BCUT2D eigenvalue weighted by atomic mass is 32.2. The minimum Gasteiger partial charge on any atom is -0.481 e. The van der Waals surface area contributed by atoms with Gasteiger partial charge in [-0.15, -0.1) is 0 Å². The minimum atomic E-state index is -0.270. The molecule has 3 aromatic rings. The molecule has 0 saturated carbocycles. The highest BCUT2D eigenvalue weighted by Gasteiger charge is 2.26.